The van der Waals surface area contributed by atoms with Gasteiger partial charge in [-0.15, -0.1) is 0 Å². The molecule has 1 N–H and O–H groups in total. The maximum absolute atomic E-state index is 11.8. The Balaban J connectivity index is 2.06. The highest BCUT2D eigenvalue weighted by atomic mass is 79.9. The summed E-state index contributed by atoms with van der Waals surface area (Å²) in [6.45, 7) is 0.785. The van der Waals surface area contributed by atoms with Crippen LogP contribution in [0.15, 0.2) is 28.7 Å². The third-order valence-corrected chi connectivity index (χ3v) is 3.84. The van der Waals surface area contributed by atoms with Gasteiger partial charge in [0.2, 0.25) is 0 Å². The Labute approximate surface area is 96.6 Å². The van der Waals surface area contributed by atoms with Crippen LogP contribution in [-0.2, 0) is 0 Å². The number of nitrogens with one attached hydrogen (secondary N) is 1. The molecule has 1 aromatic rings. The number of halogens is 1. The van der Waals surface area contributed by atoms with Crippen molar-refractivity contribution in [3.63, 3.8) is 0 Å². The molecule has 1 saturated heterocycles. The third kappa shape index (κ3) is 1.28. The zero-order valence-corrected chi connectivity index (χ0v) is 9.75. The highest BCUT2D eigenvalue weighted by Crippen LogP contribution is 2.47. The van der Waals surface area contributed by atoms with Gasteiger partial charge in [-0.25, -0.2) is 4.79 Å². The van der Waals surface area contributed by atoms with Crippen molar-refractivity contribution >= 4 is 27.6 Å². The summed E-state index contributed by atoms with van der Waals surface area (Å²) in [5.41, 5.74) is 1.05. The van der Waals surface area contributed by atoms with E-state index >= 15 is 0 Å². The average molecular weight is 267 g/mol. The first kappa shape index (κ1) is 9.21. The maximum atomic E-state index is 11.8. The van der Waals surface area contributed by atoms with Gasteiger partial charge in [0, 0.05) is 11.0 Å². The molecular weight excluding hydrogens is 256 g/mol. The van der Waals surface area contributed by atoms with Gasteiger partial charge in [-0.05, 0) is 40.9 Å². The van der Waals surface area contributed by atoms with Crippen LogP contribution in [0.2, 0.25) is 0 Å². The molecule has 15 heavy (non-hydrogen) atoms. The van der Waals surface area contributed by atoms with E-state index in [1.165, 1.54) is 0 Å². The maximum Gasteiger partial charge on any atom is 0.322 e. The fourth-order valence-electron chi connectivity index (χ4n) is 2.16. The first-order chi connectivity index (χ1) is 7.23. The summed E-state index contributed by atoms with van der Waals surface area (Å²) in [6.07, 6.45) is 2.21. The SMILES string of the molecule is O=C1NCC2(CC2)N1c1ccccc1Br. The normalized spacial score (nSPS) is 21.9. The fraction of sp³-hybridized carbons (Fsp3) is 0.364. The van der Waals surface area contributed by atoms with Gasteiger partial charge in [0.1, 0.15) is 0 Å². The minimum absolute atomic E-state index is 0.0272. The lowest BCUT2D eigenvalue weighted by atomic mass is 10.2. The molecule has 2 amide bonds. The largest absolute Gasteiger partial charge is 0.335 e. The second-order valence-corrected chi connectivity index (χ2v) is 5.02. The molecule has 3 nitrogen and oxygen atoms in total. The zero-order valence-electron chi connectivity index (χ0n) is 8.16. The highest BCUT2D eigenvalue weighted by molar-refractivity contribution is 9.10. The van der Waals surface area contributed by atoms with Crippen LogP contribution in [0.1, 0.15) is 12.8 Å². The number of carbonyl (C=O) groups excluding carboxylic acids is 1. The van der Waals surface area contributed by atoms with Gasteiger partial charge in [0.05, 0.1) is 11.2 Å². The summed E-state index contributed by atoms with van der Waals surface area (Å²) in [7, 11) is 0. The number of amides is 2. The van der Waals surface area contributed by atoms with Crippen LogP contribution in [0.25, 0.3) is 0 Å². The van der Waals surface area contributed by atoms with E-state index in [1.54, 1.807) is 0 Å². The van der Waals surface area contributed by atoms with E-state index < -0.39 is 0 Å². The number of benzene rings is 1. The summed E-state index contributed by atoms with van der Waals surface area (Å²) in [5.74, 6) is 0. The van der Waals surface area contributed by atoms with Crippen LogP contribution < -0.4 is 10.2 Å². The molecule has 0 aromatic heterocycles. The smallest absolute Gasteiger partial charge is 0.322 e. The van der Waals surface area contributed by atoms with E-state index in [4.69, 9.17) is 0 Å². The second kappa shape index (κ2) is 2.98. The Kier molecular flexibility index (Phi) is 1.83. The van der Waals surface area contributed by atoms with Crippen molar-refractivity contribution < 1.29 is 4.79 Å². The van der Waals surface area contributed by atoms with Gasteiger partial charge in [0.15, 0.2) is 0 Å². The number of hydrogen-bond donors (Lipinski definition) is 1. The Hall–Kier alpha value is -1.03. The standard InChI is InChI=1S/C11H11BrN2O/c12-8-3-1-2-4-9(8)14-10(15)13-7-11(14)5-6-11/h1-4H,5-7H2,(H,13,15). The van der Waals surface area contributed by atoms with Crippen molar-refractivity contribution in [2.24, 2.45) is 0 Å². The number of hydrogen-bond acceptors (Lipinski definition) is 1. The monoisotopic (exact) mass is 266 g/mol. The molecule has 0 radical (unpaired) electrons. The number of carbonyl (C=O) groups is 1. The molecule has 0 bridgehead atoms. The molecular formula is C11H11BrN2O. The van der Waals surface area contributed by atoms with Gasteiger partial charge in [-0.1, -0.05) is 12.1 Å². The van der Waals surface area contributed by atoms with Gasteiger partial charge in [-0.3, -0.25) is 4.90 Å². The molecule has 2 fully saturated rings. The predicted octanol–water partition coefficient (Wildman–Crippen LogP) is 2.51. The van der Waals surface area contributed by atoms with Crippen molar-refractivity contribution in [1.82, 2.24) is 5.32 Å². The lowest BCUT2D eigenvalue weighted by molar-refractivity contribution is 0.251. The molecule has 1 aliphatic carbocycles. The first-order valence-electron chi connectivity index (χ1n) is 5.06. The number of urea groups is 1. The summed E-state index contributed by atoms with van der Waals surface area (Å²) < 4.78 is 0.980. The Bertz CT molecular complexity index is 428. The van der Waals surface area contributed by atoms with Crippen molar-refractivity contribution in [1.29, 1.82) is 0 Å². The van der Waals surface area contributed by atoms with E-state index in [-0.39, 0.29) is 11.6 Å². The molecule has 1 saturated carbocycles. The van der Waals surface area contributed by atoms with Crippen molar-refractivity contribution in [2.45, 2.75) is 18.4 Å². The minimum Gasteiger partial charge on any atom is -0.335 e. The lowest BCUT2D eigenvalue weighted by Gasteiger charge is -2.23. The Morgan fingerprint density at radius 3 is 2.73 bits per heavy atom. The van der Waals surface area contributed by atoms with Crippen LogP contribution in [0.5, 0.6) is 0 Å². The summed E-state index contributed by atoms with van der Waals surface area (Å²) in [4.78, 5) is 13.7. The third-order valence-electron chi connectivity index (χ3n) is 3.17. The Morgan fingerprint density at radius 2 is 2.07 bits per heavy atom. The molecule has 0 unspecified atom stereocenters. The van der Waals surface area contributed by atoms with Crippen LogP contribution in [-0.4, -0.2) is 18.1 Å². The highest BCUT2D eigenvalue weighted by Gasteiger charge is 2.55. The van der Waals surface area contributed by atoms with E-state index in [1.807, 2.05) is 29.2 Å². The quantitative estimate of drug-likeness (QED) is 0.833. The number of para-hydroxylation sites is 1. The predicted molar refractivity (Wildman–Crippen MR) is 62.0 cm³/mol. The number of rotatable bonds is 1. The summed E-state index contributed by atoms with van der Waals surface area (Å²) in [5, 5.41) is 2.91. The number of nitrogens with zero attached hydrogens (tertiary/aromatic N) is 1. The van der Waals surface area contributed by atoms with Gasteiger partial charge >= 0.3 is 6.03 Å². The Morgan fingerprint density at radius 1 is 1.33 bits per heavy atom. The second-order valence-electron chi connectivity index (χ2n) is 4.17. The first-order valence-corrected chi connectivity index (χ1v) is 5.85. The van der Waals surface area contributed by atoms with Crippen molar-refractivity contribution in [2.75, 3.05) is 11.4 Å². The number of anilines is 1. The molecule has 1 heterocycles. The molecule has 4 heteroatoms. The average Bonchev–Trinajstić information content (AvgIpc) is 2.92. The van der Waals surface area contributed by atoms with Gasteiger partial charge in [-0.2, -0.15) is 0 Å². The molecule has 1 aliphatic heterocycles. The van der Waals surface area contributed by atoms with E-state index in [0.29, 0.717) is 0 Å². The molecule has 1 aromatic carbocycles. The molecule has 3 rings (SSSR count). The van der Waals surface area contributed by atoms with E-state index in [9.17, 15) is 4.79 Å². The van der Waals surface area contributed by atoms with Crippen LogP contribution in [0.4, 0.5) is 10.5 Å². The lowest BCUT2D eigenvalue weighted by Crippen LogP contribution is -2.36. The summed E-state index contributed by atoms with van der Waals surface area (Å²) >= 11 is 3.49. The van der Waals surface area contributed by atoms with Gasteiger partial charge in [0.25, 0.3) is 0 Å². The molecule has 1 spiro atoms. The molecule has 0 atom stereocenters. The topological polar surface area (TPSA) is 32.3 Å². The van der Waals surface area contributed by atoms with Crippen LogP contribution in [0, 0.1) is 0 Å². The van der Waals surface area contributed by atoms with Crippen molar-refractivity contribution in [3.05, 3.63) is 28.7 Å². The van der Waals surface area contributed by atoms with E-state index in [0.717, 1.165) is 29.5 Å². The minimum atomic E-state index is 0.0272. The summed E-state index contributed by atoms with van der Waals surface area (Å²) in [6, 6.07) is 7.90. The van der Waals surface area contributed by atoms with Crippen molar-refractivity contribution in [3.8, 4) is 0 Å². The van der Waals surface area contributed by atoms with Crippen LogP contribution in [0.3, 0.4) is 0 Å². The van der Waals surface area contributed by atoms with Gasteiger partial charge < -0.3 is 5.32 Å². The fourth-order valence-corrected chi connectivity index (χ4v) is 2.62. The molecule has 78 valence electrons. The van der Waals surface area contributed by atoms with Crippen LogP contribution >= 0.6 is 15.9 Å². The van der Waals surface area contributed by atoms with E-state index in [2.05, 4.69) is 21.2 Å². The molecule has 2 aliphatic rings. The zero-order chi connectivity index (χ0) is 10.5.